The van der Waals surface area contributed by atoms with E-state index in [1.165, 1.54) is 4.68 Å². The molecule has 0 amide bonds. The number of ether oxygens (including phenoxy) is 2. The fourth-order valence-electron chi connectivity index (χ4n) is 3.57. The summed E-state index contributed by atoms with van der Waals surface area (Å²) in [6, 6.07) is 15.1. The zero-order valence-corrected chi connectivity index (χ0v) is 25.7. The summed E-state index contributed by atoms with van der Waals surface area (Å²) in [7, 11) is 1.58. The van der Waals surface area contributed by atoms with Crippen molar-refractivity contribution in [2.75, 3.05) is 7.11 Å². The first kappa shape index (κ1) is 27.0. The molecule has 4 aromatic rings. The number of hydrogen-bond donors (Lipinski definition) is 0. The Morgan fingerprint density at radius 2 is 1.75 bits per heavy atom. The number of halogens is 4. The van der Waals surface area contributed by atoms with Gasteiger partial charge in [-0.15, -0.1) is 0 Å². The predicted molar refractivity (Wildman–Crippen MR) is 158 cm³/mol. The molecule has 10 heteroatoms. The molecule has 0 aliphatic heterocycles. The van der Waals surface area contributed by atoms with Gasteiger partial charge in [0, 0.05) is 25.4 Å². The fraction of sp³-hybridized carbons (Fsp3) is 0.192. The van der Waals surface area contributed by atoms with E-state index in [9.17, 15) is 4.79 Å². The van der Waals surface area contributed by atoms with Crippen LogP contribution in [0.3, 0.4) is 0 Å². The minimum absolute atomic E-state index is 0.216. The third-order valence-electron chi connectivity index (χ3n) is 5.31. The van der Waals surface area contributed by atoms with Crippen molar-refractivity contribution in [3.05, 3.63) is 93.7 Å². The summed E-state index contributed by atoms with van der Waals surface area (Å²) in [5, 5.41) is 5.01. The third kappa shape index (κ3) is 6.10. The number of hydrogen-bond acceptors (Lipinski definition) is 5. The number of aromatic nitrogens is 2. The second kappa shape index (κ2) is 12.0. The minimum Gasteiger partial charge on any atom is -0.493 e. The van der Waals surface area contributed by atoms with Crippen molar-refractivity contribution in [1.29, 1.82) is 0 Å². The number of rotatable bonds is 8. The first-order valence-electron chi connectivity index (χ1n) is 11.0. The van der Waals surface area contributed by atoms with Gasteiger partial charge in [-0.25, -0.2) is 4.98 Å². The molecule has 36 heavy (non-hydrogen) atoms. The summed E-state index contributed by atoms with van der Waals surface area (Å²) in [5.74, 6) is 1.73. The van der Waals surface area contributed by atoms with E-state index in [0.717, 1.165) is 31.0 Å². The molecule has 3 aromatic carbocycles. The van der Waals surface area contributed by atoms with Crippen LogP contribution in [-0.2, 0) is 13.0 Å². The smallest absolute Gasteiger partial charge is 0.282 e. The van der Waals surface area contributed by atoms with Crippen molar-refractivity contribution in [2.24, 2.45) is 5.10 Å². The van der Waals surface area contributed by atoms with Gasteiger partial charge in [0.05, 0.1) is 28.7 Å². The third-order valence-corrected chi connectivity index (χ3v) is 7.62. The van der Waals surface area contributed by atoms with Crippen molar-refractivity contribution in [2.45, 2.75) is 26.4 Å². The van der Waals surface area contributed by atoms with Crippen molar-refractivity contribution in [3.63, 3.8) is 0 Å². The van der Waals surface area contributed by atoms with Crippen molar-refractivity contribution in [3.8, 4) is 11.5 Å². The van der Waals surface area contributed by atoms with Gasteiger partial charge in [0.2, 0.25) is 0 Å². The van der Waals surface area contributed by atoms with Gasteiger partial charge in [-0.1, -0.05) is 60.8 Å². The second-order valence-electron chi connectivity index (χ2n) is 7.86. The van der Waals surface area contributed by atoms with Crippen molar-refractivity contribution in [1.82, 2.24) is 9.66 Å². The summed E-state index contributed by atoms with van der Waals surface area (Å²) >= 11 is 14.0. The number of fused-ring (bicyclic) bond motifs is 1. The maximum Gasteiger partial charge on any atom is 0.282 e. The first-order valence-corrected chi connectivity index (χ1v) is 14.2. The van der Waals surface area contributed by atoms with E-state index in [4.69, 9.17) is 9.47 Å². The molecule has 0 spiro atoms. The Morgan fingerprint density at radius 1 is 1.00 bits per heavy atom. The number of methoxy groups -OCH3 is 1. The molecule has 0 radical (unpaired) electrons. The quantitative estimate of drug-likeness (QED) is 0.173. The molecule has 0 aliphatic carbocycles. The van der Waals surface area contributed by atoms with E-state index in [1.54, 1.807) is 19.4 Å². The minimum atomic E-state index is -0.216. The highest BCUT2D eigenvalue weighted by Gasteiger charge is 2.14. The molecule has 0 bridgehead atoms. The van der Waals surface area contributed by atoms with Crippen LogP contribution in [0, 0.1) is 0 Å². The Labute approximate surface area is 242 Å². The van der Waals surface area contributed by atoms with E-state index in [1.807, 2.05) is 49.4 Å². The normalized spacial score (nSPS) is 11.4. The van der Waals surface area contributed by atoms with E-state index in [-0.39, 0.29) is 5.56 Å². The zero-order chi connectivity index (χ0) is 25.8. The molecular formula is C26H21Br4N3O3. The van der Waals surface area contributed by atoms with E-state index >= 15 is 0 Å². The SMILES string of the molecule is CCCc1nc2ccc(Br)cc2c(=O)n1N=Cc1cc(Br)c(OCc2ccc(Br)cc2Br)c(OC)c1. The van der Waals surface area contributed by atoms with Crippen molar-refractivity contribution >= 4 is 80.8 Å². The predicted octanol–water partition coefficient (Wildman–Crippen LogP) is 7.87. The molecule has 1 heterocycles. The lowest BCUT2D eigenvalue weighted by atomic mass is 10.2. The molecule has 0 fully saturated rings. The largest absolute Gasteiger partial charge is 0.493 e. The van der Waals surface area contributed by atoms with Crippen LogP contribution in [0.25, 0.3) is 10.9 Å². The highest BCUT2D eigenvalue weighted by atomic mass is 79.9. The van der Waals surface area contributed by atoms with Crippen LogP contribution in [0.15, 0.2) is 76.3 Å². The van der Waals surface area contributed by atoms with Crippen LogP contribution in [0.1, 0.15) is 30.3 Å². The van der Waals surface area contributed by atoms with E-state index in [0.29, 0.717) is 45.7 Å². The van der Waals surface area contributed by atoms with Gasteiger partial charge < -0.3 is 9.47 Å². The average molecular weight is 743 g/mol. The van der Waals surface area contributed by atoms with E-state index < -0.39 is 0 Å². The molecule has 0 saturated carbocycles. The number of aryl methyl sites for hydroxylation is 1. The highest BCUT2D eigenvalue weighted by molar-refractivity contribution is 9.11. The molecule has 0 aliphatic rings. The summed E-state index contributed by atoms with van der Waals surface area (Å²) in [6.07, 6.45) is 3.09. The standard InChI is InChI=1S/C26H21Br4N3O3/c1-3-4-24-32-22-8-7-17(27)11-19(22)26(34)33(24)31-13-15-9-21(30)25(23(10-15)35-2)36-14-16-5-6-18(28)12-20(16)29/h5-13H,3-4,14H2,1-2H3. The van der Waals surface area contributed by atoms with Gasteiger partial charge >= 0.3 is 0 Å². The monoisotopic (exact) mass is 739 g/mol. The zero-order valence-electron chi connectivity index (χ0n) is 19.4. The molecular weight excluding hydrogens is 722 g/mol. The lowest BCUT2D eigenvalue weighted by molar-refractivity contribution is 0.282. The van der Waals surface area contributed by atoms with Crippen LogP contribution >= 0.6 is 63.7 Å². The first-order chi connectivity index (χ1) is 17.3. The topological polar surface area (TPSA) is 65.7 Å². The maximum absolute atomic E-state index is 13.2. The molecule has 186 valence electrons. The van der Waals surface area contributed by atoms with Gasteiger partial charge in [0.1, 0.15) is 12.4 Å². The maximum atomic E-state index is 13.2. The lowest BCUT2D eigenvalue weighted by Gasteiger charge is -2.14. The van der Waals surface area contributed by atoms with Crippen LogP contribution in [0.2, 0.25) is 0 Å². The Morgan fingerprint density at radius 3 is 2.47 bits per heavy atom. The summed E-state index contributed by atoms with van der Waals surface area (Å²) in [5.41, 5.74) is 2.17. The molecule has 0 saturated heterocycles. The summed E-state index contributed by atoms with van der Waals surface area (Å²) in [6.45, 7) is 2.39. The molecule has 0 atom stereocenters. The van der Waals surface area contributed by atoms with Crippen LogP contribution in [0.5, 0.6) is 11.5 Å². The Balaban J connectivity index is 1.67. The molecule has 0 N–H and O–H groups in total. The number of benzene rings is 3. The molecule has 4 rings (SSSR count). The van der Waals surface area contributed by atoms with Crippen LogP contribution < -0.4 is 15.0 Å². The second-order valence-corrected chi connectivity index (χ2v) is 11.4. The lowest BCUT2D eigenvalue weighted by Crippen LogP contribution is -2.22. The van der Waals surface area contributed by atoms with Gasteiger partial charge in [-0.05, 0) is 70.4 Å². The fourth-order valence-corrected chi connectivity index (χ4v) is 5.66. The summed E-state index contributed by atoms with van der Waals surface area (Å²) < 4.78 is 16.5. The summed E-state index contributed by atoms with van der Waals surface area (Å²) in [4.78, 5) is 17.9. The van der Waals surface area contributed by atoms with E-state index in [2.05, 4.69) is 73.8 Å². The van der Waals surface area contributed by atoms with Gasteiger partial charge in [0.15, 0.2) is 11.5 Å². The number of nitrogens with zero attached hydrogens (tertiary/aromatic N) is 3. The van der Waals surface area contributed by atoms with Crippen LogP contribution in [0.4, 0.5) is 0 Å². The van der Waals surface area contributed by atoms with Crippen molar-refractivity contribution < 1.29 is 9.47 Å². The van der Waals surface area contributed by atoms with Gasteiger partial charge in [-0.3, -0.25) is 4.79 Å². The Hall–Kier alpha value is -2.01. The van der Waals surface area contributed by atoms with Crippen LogP contribution in [-0.4, -0.2) is 23.0 Å². The van der Waals surface area contributed by atoms with Gasteiger partial charge in [0.25, 0.3) is 5.56 Å². The Bertz CT molecular complexity index is 1520. The average Bonchev–Trinajstić information content (AvgIpc) is 2.84. The Kier molecular flexibility index (Phi) is 9.03. The highest BCUT2D eigenvalue weighted by Crippen LogP contribution is 2.37. The molecule has 1 aromatic heterocycles. The molecule has 6 nitrogen and oxygen atoms in total. The van der Waals surface area contributed by atoms with Gasteiger partial charge in [-0.2, -0.15) is 9.78 Å². The molecule has 0 unspecified atom stereocenters.